The molecule has 1 aromatic heterocycles. The fourth-order valence-electron chi connectivity index (χ4n) is 13.4. The molecule has 6 aliphatic rings. The zero-order valence-electron chi connectivity index (χ0n) is 45.4. The van der Waals surface area contributed by atoms with E-state index in [-0.39, 0.29) is 49.2 Å². The van der Waals surface area contributed by atoms with Gasteiger partial charge in [0, 0.05) is 69.7 Å². The first-order valence-corrected chi connectivity index (χ1v) is 32.2. The summed E-state index contributed by atoms with van der Waals surface area (Å²) < 4.78 is 92.6. The fraction of sp³-hybridized carbons (Fsp3) is 0.556. The Kier molecular flexibility index (Phi) is 16.4. The molecule has 9 N–H and O–H groups in total. The van der Waals surface area contributed by atoms with E-state index in [9.17, 15) is 44.7 Å². The van der Waals surface area contributed by atoms with Crippen LogP contribution in [0.3, 0.4) is 0 Å². The third kappa shape index (κ3) is 12.4. The van der Waals surface area contributed by atoms with Crippen LogP contribution in [0.4, 0.5) is 37.3 Å². The Morgan fingerprint density at radius 3 is 1.48 bits per heavy atom. The van der Waals surface area contributed by atoms with Gasteiger partial charge in [-0.2, -0.15) is 39.4 Å². The third-order valence-electron chi connectivity index (χ3n) is 17.3. The summed E-state index contributed by atoms with van der Waals surface area (Å²) in [6.07, 6.45) is 13.0. The molecule has 0 spiro atoms. The average molecular weight is 1150 g/mol. The van der Waals surface area contributed by atoms with Crippen LogP contribution in [0.5, 0.6) is 0 Å². The predicted octanol–water partition coefficient (Wildman–Crippen LogP) is 4.50. The van der Waals surface area contributed by atoms with Crippen LogP contribution < -0.4 is 39.6 Å². The molecule has 0 aliphatic heterocycles. The molecule has 79 heavy (non-hydrogen) atoms. The minimum absolute atomic E-state index is 0.0436. The standard InChI is InChI=1S/C54H74N12O10S3/c1-5-66(6-2)19-18-65(4)79(75,76)63-54(70)57-50-43-14-10-12-33(43)22-39-24-35(29-45(39)50)37-26-41-27-40-25-36(30-46(40)51(47(41)31-37)58-52(68)61-77(71,72)55-16-7-8-20-67)34-23-38-21-32-11-9-13-42(32)49(44(38)28-34)56-53(69)62-78(73,74)60-48-15-17-64(3)59-48/h15,17,21-22,27,34-37,55,67H,5-14,16,18-20,23-26,28-31H2,1-4H3,(H,59,60)(H2,56,62,69)(H2,57,63,70)(H2,58,61,68). The Morgan fingerprint density at radius 2 is 1.04 bits per heavy atom. The van der Waals surface area contributed by atoms with E-state index in [2.05, 4.69) is 67.8 Å². The lowest BCUT2D eigenvalue weighted by Crippen LogP contribution is -2.45. The van der Waals surface area contributed by atoms with Gasteiger partial charge >= 0.3 is 48.7 Å². The Labute approximate surface area is 463 Å². The van der Waals surface area contributed by atoms with E-state index in [4.69, 9.17) is 0 Å². The SMILES string of the molecule is CCN(CC)CCN(C)S(=O)(=O)NC(=O)Nc1c2c(cc3c1CC(C1Cc4cc5c(c(NC(=O)NS(=O)(=O)NCCCCO)c4C1)CC(C1Cc4cc6c(c(NC(=O)NS(=O)(=O)Nc7ccn(C)n7)c4C1)CCC6)C5)C3)CCC2. The van der Waals surface area contributed by atoms with Gasteiger partial charge in [0.2, 0.25) is 0 Å². The van der Waals surface area contributed by atoms with Gasteiger partial charge < -0.3 is 26.0 Å². The quantitative estimate of drug-likeness (QED) is 0.0522. The number of aromatic nitrogens is 2. The minimum Gasteiger partial charge on any atom is -0.396 e. The van der Waals surface area contributed by atoms with Crippen molar-refractivity contribution in [3.63, 3.8) is 0 Å². The largest absolute Gasteiger partial charge is 0.396 e. The van der Waals surface area contributed by atoms with Crippen molar-refractivity contribution >= 4 is 71.6 Å². The van der Waals surface area contributed by atoms with Crippen LogP contribution in [-0.2, 0) is 115 Å². The summed E-state index contributed by atoms with van der Waals surface area (Å²) in [6, 6.07) is 5.69. The van der Waals surface area contributed by atoms with Crippen molar-refractivity contribution in [2.45, 2.75) is 117 Å². The van der Waals surface area contributed by atoms with Crippen molar-refractivity contribution in [1.29, 1.82) is 0 Å². The molecule has 4 atom stereocenters. The Bertz CT molecular complexity index is 3400. The maximum atomic E-state index is 13.9. The summed E-state index contributed by atoms with van der Waals surface area (Å²) in [6.45, 7) is 6.31. The molecule has 22 nitrogen and oxygen atoms in total. The summed E-state index contributed by atoms with van der Waals surface area (Å²) in [4.78, 5) is 43.1. The van der Waals surface area contributed by atoms with Gasteiger partial charge in [0.15, 0.2) is 5.82 Å². The van der Waals surface area contributed by atoms with Crippen molar-refractivity contribution in [3.05, 3.63) is 97.2 Å². The smallest absolute Gasteiger partial charge is 0.334 e. The van der Waals surface area contributed by atoms with Gasteiger partial charge in [0.05, 0.1) is 0 Å². The number of nitrogens with one attached hydrogen (secondary N) is 8. The molecular weight excluding hydrogens is 1070 g/mol. The molecule has 0 fully saturated rings. The van der Waals surface area contributed by atoms with Crippen LogP contribution in [-0.4, -0.2) is 114 Å². The van der Waals surface area contributed by atoms with Crippen LogP contribution in [0.15, 0.2) is 30.5 Å². The van der Waals surface area contributed by atoms with Gasteiger partial charge in [0.1, 0.15) is 0 Å². The molecule has 10 rings (SSSR count). The number of fused-ring (bicyclic) bond motifs is 6. The van der Waals surface area contributed by atoms with Crippen LogP contribution in [0, 0.1) is 23.7 Å². The first-order chi connectivity index (χ1) is 37.7. The maximum absolute atomic E-state index is 13.9. The number of likely N-dealkylation sites (N-methyl/N-ethyl adjacent to an activating group) is 2. The van der Waals surface area contributed by atoms with E-state index in [0.29, 0.717) is 68.6 Å². The van der Waals surface area contributed by atoms with Gasteiger partial charge in [-0.3, -0.25) is 4.68 Å². The van der Waals surface area contributed by atoms with Crippen molar-refractivity contribution in [3.8, 4) is 0 Å². The van der Waals surface area contributed by atoms with E-state index >= 15 is 0 Å². The molecular formula is C54H74N12O10S3. The van der Waals surface area contributed by atoms with Gasteiger partial charge in [0.25, 0.3) is 0 Å². The predicted molar refractivity (Wildman–Crippen MR) is 302 cm³/mol. The van der Waals surface area contributed by atoms with E-state index < -0.39 is 48.7 Å². The lowest BCUT2D eigenvalue weighted by atomic mass is 9.86. The summed E-state index contributed by atoms with van der Waals surface area (Å²) in [7, 11) is -9.55. The number of nitrogens with zero attached hydrogens (tertiary/aromatic N) is 4. The van der Waals surface area contributed by atoms with Crippen LogP contribution >= 0.6 is 0 Å². The van der Waals surface area contributed by atoms with Gasteiger partial charge in [-0.05, 0) is 206 Å². The topological polar surface area (TPSA) is 294 Å². The summed E-state index contributed by atoms with van der Waals surface area (Å²) in [5.41, 5.74) is 14.7. The molecule has 1 heterocycles. The van der Waals surface area contributed by atoms with Crippen molar-refractivity contribution in [2.75, 3.05) is 67.1 Å². The highest BCUT2D eigenvalue weighted by atomic mass is 32.2. The number of aliphatic hydroxyl groups excluding tert-OH is 1. The number of anilines is 4. The highest BCUT2D eigenvalue weighted by Crippen LogP contribution is 2.51. The zero-order chi connectivity index (χ0) is 56.0. The van der Waals surface area contributed by atoms with Gasteiger partial charge in [-0.15, -0.1) is 0 Å². The number of aryl methyl sites for hydroxylation is 3. The minimum atomic E-state index is -4.30. The Balaban J connectivity index is 0.870. The van der Waals surface area contributed by atoms with Crippen molar-refractivity contribution < 1.29 is 44.7 Å². The monoisotopic (exact) mass is 1150 g/mol. The van der Waals surface area contributed by atoms with E-state index in [1.54, 1.807) is 13.2 Å². The average Bonchev–Trinajstić information content (AvgIpc) is 4.47. The van der Waals surface area contributed by atoms with Crippen molar-refractivity contribution in [1.82, 2.24) is 37.9 Å². The number of aliphatic hydroxyl groups is 1. The molecule has 25 heteroatoms. The molecule has 4 unspecified atom stereocenters. The second-order valence-corrected chi connectivity index (χ2v) is 27.0. The highest BCUT2D eigenvalue weighted by Gasteiger charge is 2.42. The number of amides is 6. The first kappa shape index (κ1) is 56.4. The van der Waals surface area contributed by atoms with Gasteiger partial charge in [-0.25, -0.2) is 33.3 Å². The number of hydrogen-bond acceptors (Lipinski definition) is 12. The first-order valence-electron chi connectivity index (χ1n) is 27.8. The molecule has 3 aromatic carbocycles. The molecule has 0 radical (unpaired) electrons. The normalized spacial score (nSPS) is 19.9. The number of benzene rings is 3. The number of rotatable bonds is 21. The molecule has 428 valence electrons. The zero-order valence-corrected chi connectivity index (χ0v) is 47.8. The second kappa shape index (κ2) is 23.0. The number of hydrogen-bond donors (Lipinski definition) is 9. The Morgan fingerprint density at radius 1 is 0.595 bits per heavy atom. The third-order valence-corrected chi connectivity index (χ3v) is 20.7. The number of carbonyl (C=O) groups excluding carboxylic acids is 3. The molecule has 0 saturated carbocycles. The lowest BCUT2D eigenvalue weighted by molar-refractivity contribution is 0.254. The summed E-state index contributed by atoms with van der Waals surface area (Å²) in [5.74, 6) is 0.666. The summed E-state index contributed by atoms with van der Waals surface area (Å²) in [5, 5.41) is 22.2. The van der Waals surface area contributed by atoms with Crippen LogP contribution in [0.25, 0.3) is 0 Å². The number of urea groups is 3. The highest BCUT2D eigenvalue weighted by molar-refractivity contribution is 7.91. The number of carbonyl (C=O) groups is 3. The maximum Gasteiger partial charge on any atom is 0.334 e. The molecule has 4 aromatic rings. The Hall–Kier alpha value is -5.83. The molecule has 6 amide bonds. The van der Waals surface area contributed by atoms with Crippen LogP contribution in [0.2, 0.25) is 0 Å². The van der Waals surface area contributed by atoms with E-state index in [1.807, 2.05) is 13.8 Å². The second-order valence-electron chi connectivity index (χ2n) is 22.3. The fourth-order valence-corrected chi connectivity index (χ4v) is 15.7. The van der Waals surface area contributed by atoms with E-state index in [0.717, 1.165) is 138 Å². The molecule has 0 saturated heterocycles. The molecule has 0 bridgehead atoms. The lowest BCUT2D eigenvalue weighted by Gasteiger charge is -2.23. The summed E-state index contributed by atoms with van der Waals surface area (Å²) >= 11 is 0. The van der Waals surface area contributed by atoms with Crippen LogP contribution in [0.1, 0.15) is 106 Å². The van der Waals surface area contributed by atoms with Crippen molar-refractivity contribution in [2.24, 2.45) is 30.7 Å². The van der Waals surface area contributed by atoms with E-state index in [1.165, 1.54) is 22.1 Å². The molecule has 6 aliphatic carbocycles. The van der Waals surface area contributed by atoms with Gasteiger partial charge in [-0.1, -0.05) is 32.0 Å². The number of unbranched alkanes of at least 4 members (excludes halogenated alkanes) is 1.